The van der Waals surface area contributed by atoms with Gasteiger partial charge in [-0.05, 0) is 32.9 Å². The molecule has 1 aliphatic heterocycles. The molecule has 1 N–H and O–H groups in total. The molecule has 1 aliphatic rings. The Morgan fingerprint density at radius 3 is 2.73 bits per heavy atom. The molecule has 0 fully saturated rings. The molecule has 2 rings (SSSR count). The number of amides is 3. The van der Waals surface area contributed by atoms with Crippen LogP contribution in [0, 0.1) is 0 Å². The Kier molecular flexibility index (Phi) is 4.75. The predicted octanol–water partition coefficient (Wildman–Crippen LogP) is 2.17. The highest BCUT2D eigenvalue weighted by Gasteiger charge is 2.32. The molecule has 3 amide bonds. The molecule has 0 saturated heterocycles. The van der Waals surface area contributed by atoms with E-state index in [-0.39, 0.29) is 0 Å². The van der Waals surface area contributed by atoms with Crippen molar-refractivity contribution in [3.05, 3.63) is 24.3 Å². The number of anilines is 1. The summed E-state index contributed by atoms with van der Waals surface area (Å²) in [5.41, 5.74) is -0.126. The molecule has 7 heteroatoms. The molecular weight excluding hydrogens is 304 g/mol. The van der Waals surface area contributed by atoms with Crippen molar-refractivity contribution in [1.29, 1.82) is 0 Å². The lowest BCUT2D eigenvalue weighted by atomic mass is 10.2. The molecule has 0 bridgehead atoms. The van der Waals surface area contributed by atoms with E-state index in [1.165, 1.54) is 11.8 Å². The lowest BCUT2D eigenvalue weighted by Crippen LogP contribution is -2.50. The predicted molar refractivity (Wildman–Crippen MR) is 83.9 cm³/mol. The third-order valence-electron chi connectivity index (χ3n) is 2.86. The molecule has 0 aliphatic carbocycles. The van der Waals surface area contributed by atoms with Gasteiger partial charge in [-0.3, -0.25) is 14.5 Å². The van der Waals surface area contributed by atoms with Gasteiger partial charge in [0.05, 0.1) is 5.69 Å². The van der Waals surface area contributed by atoms with Crippen molar-refractivity contribution in [2.75, 3.05) is 10.7 Å². The minimum absolute atomic E-state index is 0.333. The Hall–Kier alpha value is -2.02. The van der Waals surface area contributed by atoms with Crippen LogP contribution in [-0.2, 0) is 14.3 Å². The number of para-hydroxylation sites is 1. The van der Waals surface area contributed by atoms with Crippen LogP contribution in [0.15, 0.2) is 29.2 Å². The number of hydrogen-bond acceptors (Lipinski definition) is 5. The normalized spacial score (nSPS) is 18.2. The molecule has 0 aromatic heterocycles. The van der Waals surface area contributed by atoms with E-state index in [4.69, 9.17) is 4.74 Å². The molecule has 6 nitrogen and oxygen atoms in total. The van der Waals surface area contributed by atoms with E-state index in [0.717, 1.165) is 9.80 Å². The molecular formula is C15H18N2O4S. The van der Waals surface area contributed by atoms with Crippen LogP contribution in [0.5, 0.6) is 0 Å². The van der Waals surface area contributed by atoms with Gasteiger partial charge in [-0.1, -0.05) is 12.1 Å². The summed E-state index contributed by atoms with van der Waals surface area (Å²) in [6, 6.07) is 6.30. The molecule has 0 radical (unpaired) electrons. The summed E-state index contributed by atoms with van der Waals surface area (Å²) in [5, 5.41) is 2.53. The second-order valence-corrected chi connectivity index (χ2v) is 6.85. The Morgan fingerprint density at radius 2 is 2.09 bits per heavy atom. The molecule has 22 heavy (non-hydrogen) atoms. The number of rotatable bonds is 2. The number of carbonyl (C=O) groups excluding carboxylic acids is 3. The molecule has 0 spiro atoms. The van der Waals surface area contributed by atoms with Crippen LogP contribution in [0.2, 0.25) is 0 Å². The number of ether oxygens (including phenoxy) is 1. The monoisotopic (exact) mass is 322 g/mol. The first-order chi connectivity index (χ1) is 10.3. The van der Waals surface area contributed by atoms with Gasteiger partial charge >= 0.3 is 6.09 Å². The highest BCUT2D eigenvalue weighted by molar-refractivity contribution is 7.99. The Morgan fingerprint density at radius 1 is 1.41 bits per heavy atom. The minimum atomic E-state index is -0.822. The van der Waals surface area contributed by atoms with E-state index in [1.807, 2.05) is 12.1 Å². The lowest BCUT2D eigenvalue weighted by Gasteiger charge is -2.23. The minimum Gasteiger partial charge on any atom is -0.444 e. The van der Waals surface area contributed by atoms with Crippen molar-refractivity contribution in [3.8, 4) is 0 Å². The Bertz CT molecular complexity index is 597. The lowest BCUT2D eigenvalue weighted by molar-refractivity contribution is -0.123. The fourth-order valence-corrected chi connectivity index (χ4v) is 3.03. The number of hydrogen-bond donors (Lipinski definition) is 1. The van der Waals surface area contributed by atoms with Crippen molar-refractivity contribution in [2.45, 2.75) is 37.3 Å². The highest BCUT2D eigenvalue weighted by Crippen LogP contribution is 2.33. The zero-order valence-corrected chi connectivity index (χ0v) is 13.5. The van der Waals surface area contributed by atoms with Crippen LogP contribution in [0.25, 0.3) is 0 Å². The van der Waals surface area contributed by atoms with Crippen molar-refractivity contribution in [3.63, 3.8) is 0 Å². The topological polar surface area (TPSA) is 75.7 Å². The summed E-state index contributed by atoms with van der Waals surface area (Å²) in [6.07, 6.45) is -0.208. The van der Waals surface area contributed by atoms with E-state index < -0.39 is 23.6 Å². The van der Waals surface area contributed by atoms with Crippen molar-refractivity contribution in [1.82, 2.24) is 5.32 Å². The number of fused-ring (bicyclic) bond motifs is 1. The van der Waals surface area contributed by atoms with Crippen molar-refractivity contribution >= 4 is 35.9 Å². The van der Waals surface area contributed by atoms with E-state index >= 15 is 0 Å². The SMILES string of the molecule is CC(C)(C)OC(=O)N[C@@H]1CSc2ccccc2N(C=O)C1=O. The number of thioether (sulfide) groups is 1. The van der Waals surface area contributed by atoms with Crippen molar-refractivity contribution in [2.24, 2.45) is 0 Å². The van der Waals surface area contributed by atoms with E-state index in [9.17, 15) is 14.4 Å². The number of alkyl carbamates (subject to hydrolysis) is 1. The summed E-state index contributed by atoms with van der Waals surface area (Å²) in [6.45, 7) is 5.22. The maximum absolute atomic E-state index is 12.5. The second-order valence-electron chi connectivity index (χ2n) is 5.79. The molecule has 0 saturated carbocycles. The van der Waals surface area contributed by atoms with Gasteiger partial charge in [0, 0.05) is 10.6 Å². The third kappa shape index (κ3) is 3.79. The van der Waals surface area contributed by atoms with E-state index in [2.05, 4.69) is 5.32 Å². The van der Waals surface area contributed by atoms with Crippen LogP contribution in [0.1, 0.15) is 20.8 Å². The second kappa shape index (κ2) is 6.39. The van der Waals surface area contributed by atoms with Crippen LogP contribution in [0.3, 0.4) is 0 Å². The Balaban J connectivity index is 2.18. The maximum Gasteiger partial charge on any atom is 0.408 e. The molecule has 1 aromatic carbocycles. The first-order valence-corrected chi connectivity index (χ1v) is 7.80. The average molecular weight is 322 g/mol. The number of nitrogens with zero attached hydrogens (tertiary/aromatic N) is 1. The quantitative estimate of drug-likeness (QED) is 0.845. The van der Waals surface area contributed by atoms with E-state index in [1.54, 1.807) is 32.9 Å². The van der Waals surface area contributed by atoms with Crippen LogP contribution < -0.4 is 10.2 Å². The fraction of sp³-hybridized carbons (Fsp3) is 0.400. The zero-order valence-electron chi connectivity index (χ0n) is 12.7. The maximum atomic E-state index is 12.5. The smallest absolute Gasteiger partial charge is 0.408 e. The molecule has 118 valence electrons. The van der Waals surface area contributed by atoms with Crippen LogP contribution in [-0.4, -0.2) is 35.8 Å². The van der Waals surface area contributed by atoms with Gasteiger partial charge in [0.1, 0.15) is 11.6 Å². The van der Waals surface area contributed by atoms with Gasteiger partial charge < -0.3 is 10.1 Å². The van der Waals surface area contributed by atoms with Crippen molar-refractivity contribution < 1.29 is 19.1 Å². The van der Waals surface area contributed by atoms with Gasteiger partial charge in [0.25, 0.3) is 5.91 Å². The molecule has 1 atom stereocenters. The highest BCUT2D eigenvalue weighted by atomic mass is 32.2. The summed E-state index contributed by atoms with van der Waals surface area (Å²) < 4.78 is 5.16. The van der Waals surface area contributed by atoms with Gasteiger partial charge in [-0.15, -0.1) is 11.8 Å². The van der Waals surface area contributed by atoms with Gasteiger partial charge in [0.2, 0.25) is 6.41 Å². The van der Waals surface area contributed by atoms with Crippen LogP contribution >= 0.6 is 11.8 Å². The average Bonchev–Trinajstić information content (AvgIpc) is 2.55. The third-order valence-corrected chi connectivity index (χ3v) is 4.02. The summed E-state index contributed by atoms with van der Waals surface area (Å²) in [7, 11) is 0. The largest absolute Gasteiger partial charge is 0.444 e. The summed E-state index contributed by atoms with van der Waals surface area (Å²) in [5.74, 6) is -0.141. The van der Waals surface area contributed by atoms with Gasteiger partial charge in [-0.25, -0.2) is 4.79 Å². The van der Waals surface area contributed by atoms with Crippen LogP contribution in [0.4, 0.5) is 10.5 Å². The summed E-state index contributed by atoms with van der Waals surface area (Å²) >= 11 is 1.41. The first-order valence-electron chi connectivity index (χ1n) is 6.81. The van der Waals surface area contributed by atoms with Gasteiger partial charge in [-0.2, -0.15) is 0 Å². The Labute approximate surface area is 133 Å². The number of carbonyl (C=O) groups is 3. The van der Waals surface area contributed by atoms with Gasteiger partial charge in [0.15, 0.2) is 0 Å². The standard InChI is InChI=1S/C15H18N2O4S/c1-15(2,3)21-14(20)16-10-8-22-12-7-5-4-6-11(12)17(9-18)13(10)19/h4-7,9-10H,8H2,1-3H3,(H,16,20)/t10-/m1/s1. The molecule has 1 heterocycles. The fourth-order valence-electron chi connectivity index (χ4n) is 1.97. The molecule has 0 unspecified atom stereocenters. The number of benzene rings is 1. The first kappa shape index (κ1) is 16.4. The zero-order chi connectivity index (χ0) is 16.3. The van der Waals surface area contributed by atoms with E-state index in [0.29, 0.717) is 17.9 Å². The summed E-state index contributed by atoms with van der Waals surface area (Å²) in [4.78, 5) is 37.4. The number of imide groups is 1. The number of nitrogens with one attached hydrogen (secondary N) is 1. The molecule has 1 aromatic rings.